The Morgan fingerprint density at radius 2 is 1.67 bits per heavy atom. The van der Waals surface area contributed by atoms with Gasteiger partial charge in [0.25, 0.3) is 0 Å². The number of ether oxygens (including phenoxy) is 4. The predicted molar refractivity (Wildman–Crippen MR) is 73.3 cm³/mol. The molecule has 0 heterocycles. The zero-order valence-corrected chi connectivity index (χ0v) is 12.3. The van der Waals surface area contributed by atoms with Crippen molar-refractivity contribution in [2.24, 2.45) is 0 Å². The maximum Gasteiger partial charge on any atom is 0.183 e. The van der Waals surface area contributed by atoms with Crippen molar-refractivity contribution in [2.45, 2.75) is 6.29 Å². The molecule has 0 saturated heterocycles. The van der Waals surface area contributed by atoms with Crippen LogP contribution >= 0.6 is 15.9 Å². The SMILES string of the molecule is COC(OC)c1ccc(OCCOCCBr)cc1. The fourth-order valence-electron chi connectivity index (χ4n) is 1.46. The third-order valence-corrected chi connectivity index (χ3v) is 2.62. The van der Waals surface area contributed by atoms with Gasteiger partial charge in [-0.3, -0.25) is 0 Å². The van der Waals surface area contributed by atoms with E-state index >= 15 is 0 Å². The van der Waals surface area contributed by atoms with Gasteiger partial charge in [-0.15, -0.1) is 0 Å². The first-order chi connectivity index (χ1) is 8.81. The van der Waals surface area contributed by atoms with E-state index in [1.807, 2.05) is 24.3 Å². The average Bonchev–Trinajstić information content (AvgIpc) is 2.41. The molecule has 0 atom stereocenters. The van der Waals surface area contributed by atoms with Gasteiger partial charge in [0.1, 0.15) is 12.4 Å². The van der Waals surface area contributed by atoms with Gasteiger partial charge < -0.3 is 18.9 Å². The van der Waals surface area contributed by atoms with Crippen LogP contribution in [0.5, 0.6) is 5.75 Å². The first-order valence-electron chi connectivity index (χ1n) is 5.74. The summed E-state index contributed by atoms with van der Waals surface area (Å²) in [7, 11) is 3.22. The number of methoxy groups -OCH3 is 2. The summed E-state index contributed by atoms with van der Waals surface area (Å²) in [5.41, 5.74) is 0.961. The number of alkyl halides is 1. The van der Waals surface area contributed by atoms with Crippen LogP contribution in [-0.2, 0) is 14.2 Å². The summed E-state index contributed by atoms with van der Waals surface area (Å²) in [6.07, 6.45) is -0.332. The monoisotopic (exact) mass is 318 g/mol. The van der Waals surface area contributed by atoms with E-state index in [0.717, 1.165) is 16.6 Å². The molecule has 0 aliphatic heterocycles. The zero-order chi connectivity index (χ0) is 13.2. The number of benzene rings is 1. The van der Waals surface area contributed by atoms with Crippen LogP contribution in [0.4, 0.5) is 0 Å². The summed E-state index contributed by atoms with van der Waals surface area (Å²) >= 11 is 3.29. The van der Waals surface area contributed by atoms with E-state index < -0.39 is 0 Å². The lowest BCUT2D eigenvalue weighted by Crippen LogP contribution is -2.08. The second kappa shape index (κ2) is 9.33. The molecule has 0 aliphatic rings. The van der Waals surface area contributed by atoms with E-state index in [1.54, 1.807) is 14.2 Å². The lowest BCUT2D eigenvalue weighted by Gasteiger charge is -2.14. The summed E-state index contributed by atoms with van der Waals surface area (Å²) in [5.74, 6) is 0.812. The Balaban J connectivity index is 2.35. The third-order valence-electron chi connectivity index (χ3n) is 2.30. The van der Waals surface area contributed by atoms with Crippen molar-refractivity contribution in [1.82, 2.24) is 0 Å². The molecule has 4 nitrogen and oxygen atoms in total. The Morgan fingerprint density at radius 1 is 1.00 bits per heavy atom. The van der Waals surface area contributed by atoms with Gasteiger partial charge in [0, 0.05) is 25.1 Å². The summed E-state index contributed by atoms with van der Waals surface area (Å²) in [6.45, 7) is 1.84. The minimum Gasteiger partial charge on any atom is -0.491 e. The van der Waals surface area contributed by atoms with E-state index in [9.17, 15) is 0 Å². The molecule has 1 aromatic rings. The second-order valence-electron chi connectivity index (χ2n) is 3.52. The molecule has 1 rings (SSSR count). The maximum atomic E-state index is 5.53. The van der Waals surface area contributed by atoms with Crippen LogP contribution in [-0.4, -0.2) is 39.4 Å². The van der Waals surface area contributed by atoms with Crippen LogP contribution in [0.15, 0.2) is 24.3 Å². The maximum absolute atomic E-state index is 5.53. The molecule has 0 saturated carbocycles. The minimum absolute atomic E-state index is 0.332. The molecule has 5 heteroatoms. The fraction of sp³-hybridized carbons (Fsp3) is 0.538. The van der Waals surface area contributed by atoms with E-state index in [0.29, 0.717) is 19.8 Å². The molecule has 0 aliphatic carbocycles. The average molecular weight is 319 g/mol. The van der Waals surface area contributed by atoms with Crippen molar-refractivity contribution in [3.8, 4) is 5.75 Å². The Morgan fingerprint density at radius 3 is 2.22 bits per heavy atom. The highest BCUT2D eigenvalue weighted by molar-refractivity contribution is 9.09. The van der Waals surface area contributed by atoms with E-state index in [1.165, 1.54) is 0 Å². The normalized spacial score (nSPS) is 10.9. The highest BCUT2D eigenvalue weighted by Gasteiger charge is 2.08. The lowest BCUT2D eigenvalue weighted by molar-refractivity contribution is -0.106. The van der Waals surface area contributed by atoms with Crippen molar-refractivity contribution in [3.63, 3.8) is 0 Å². The van der Waals surface area contributed by atoms with Gasteiger partial charge in [0.05, 0.1) is 13.2 Å². The van der Waals surface area contributed by atoms with Gasteiger partial charge in [-0.1, -0.05) is 28.1 Å². The molecule has 0 N–H and O–H groups in total. The van der Waals surface area contributed by atoms with Crippen LogP contribution in [0.1, 0.15) is 11.9 Å². The van der Waals surface area contributed by atoms with Crippen LogP contribution in [0.3, 0.4) is 0 Å². The van der Waals surface area contributed by atoms with Gasteiger partial charge in [-0.2, -0.15) is 0 Å². The number of hydrogen-bond acceptors (Lipinski definition) is 4. The van der Waals surface area contributed by atoms with Crippen molar-refractivity contribution in [1.29, 1.82) is 0 Å². The predicted octanol–water partition coefficient (Wildman–Crippen LogP) is 2.77. The molecule has 102 valence electrons. The standard InChI is InChI=1S/C13H19BrO4/c1-15-13(16-2)11-3-5-12(6-4-11)18-10-9-17-8-7-14/h3-6,13H,7-10H2,1-2H3. The van der Waals surface area contributed by atoms with Gasteiger partial charge in [0.15, 0.2) is 6.29 Å². The van der Waals surface area contributed by atoms with Crippen LogP contribution in [0.25, 0.3) is 0 Å². The van der Waals surface area contributed by atoms with E-state index in [-0.39, 0.29) is 6.29 Å². The molecule has 0 spiro atoms. The van der Waals surface area contributed by atoms with Crippen molar-refractivity contribution in [2.75, 3.05) is 39.4 Å². The smallest absolute Gasteiger partial charge is 0.183 e. The molecule has 0 amide bonds. The summed E-state index contributed by atoms with van der Waals surface area (Å²) in [5, 5.41) is 0.844. The zero-order valence-electron chi connectivity index (χ0n) is 10.7. The Bertz CT molecular complexity index is 311. The summed E-state index contributed by atoms with van der Waals surface area (Å²) in [6, 6.07) is 7.63. The van der Waals surface area contributed by atoms with Gasteiger partial charge in [0.2, 0.25) is 0 Å². The van der Waals surface area contributed by atoms with E-state index in [4.69, 9.17) is 18.9 Å². The first kappa shape index (κ1) is 15.4. The second-order valence-corrected chi connectivity index (χ2v) is 4.32. The van der Waals surface area contributed by atoms with Crippen molar-refractivity contribution in [3.05, 3.63) is 29.8 Å². The van der Waals surface area contributed by atoms with Gasteiger partial charge in [-0.05, 0) is 12.1 Å². The van der Waals surface area contributed by atoms with E-state index in [2.05, 4.69) is 15.9 Å². The highest BCUT2D eigenvalue weighted by Crippen LogP contribution is 2.20. The Hall–Kier alpha value is -0.620. The van der Waals surface area contributed by atoms with Crippen LogP contribution in [0, 0.1) is 0 Å². The molecule has 1 aromatic carbocycles. The third kappa shape index (κ3) is 5.35. The highest BCUT2D eigenvalue weighted by atomic mass is 79.9. The number of hydrogen-bond donors (Lipinski definition) is 0. The largest absolute Gasteiger partial charge is 0.491 e. The molecule has 0 aromatic heterocycles. The van der Waals surface area contributed by atoms with Gasteiger partial charge >= 0.3 is 0 Å². The van der Waals surface area contributed by atoms with Gasteiger partial charge in [-0.25, -0.2) is 0 Å². The number of halogens is 1. The molecule has 18 heavy (non-hydrogen) atoms. The quantitative estimate of drug-likeness (QED) is 0.398. The number of rotatable bonds is 9. The van der Waals surface area contributed by atoms with Crippen molar-refractivity contribution >= 4 is 15.9 Å². The molecule has 0 unspecified atom stereocenters. The first-order valence-corrected chi connectivity index (χ1v) is 6.86. The Labute approximate surface area is 116 Å². The van der Waals surface area contributed by atoms with Crippen LogP contribution < -0.4 is 4.74 Å². The Kier molecular flexibility index (Phi) is 8.00. The van der Waals surface area contributed by atoms with Crippen molar-refractivity contribution < 1.29 is 18.9 Å². The fourth-order valence-corrected chi connectivity index (χ4v) is 1.69. The molecular weight excluding hydrogens is 300 g/mol. The molecule has 0 bridgehead atoms. The lowest BCUT2D eigenvalue weighted by atomic mass is 10.2. The summed E-state index contributed by atoms with van der Waals surface area (Å²) < 4.78 is 21.1. The molecule has 0 radical (unpaired) electrons. The summed E-state index contributed by atoms with van der Waals surface area (Å²) in [4.78, 5) is 0. The molecular formula is C13H19BrO4. The minimum atomic E-state index is -0.332. The topological polar surface area (TPSA) is 36.9 Å². The van der Waals surface area contributed by atoms with Crippen LogP contribution in [0.2, 0.25) is 0 Å². The molecule has 0 fully saturated rings.